The smallest absolute Gasteiger partial charge is 0.461 e. The third-order valence-electron chi connectivity index (χ3n) is 3.62. The zero-order valence-electron chi connectivity index (χ0n) is 13.8. The summed E-state index contributed by atoms with van der Waals surface area (Å²) in [4.78, 5) is 12.3. The Morgan fingerprint density at radius 3 is 2.56 bits per heavy atom. The molecule has 0 saturated carbocycles. The molecule has 0 aliphatic carbocycles. The molecule has 0 spiro atoms. The van der Waals surface area contributed by atoms with Crippen LogP contribution in [0.5, 0.6) is 17.2 Å². The van der Waals surface area contributed by atoms with Crippen molar-refractivity contribution >= 4 is 11.9 Å². The van der Waals surface area contributed by atoms with Crippen LogP contribution in [-0.2, 0) is 0 Å². The molecule has 27 heavy (non-hydrogen) atoms. The number of allylic oxidation sites excluding steroid dienone is 1. The standard InChI is InChI=1S/C19H14F4O4/c20-18(21)19(22,23)27-14-3-1-2-12(10-14)4-6-15(24)13-5-7-16-17(11-13)26-9-8-25-16/h1-7,10-11,18H,8-9H2/b6-4+. The molecule has 0 saturated heterocycles. The fourth-order valence-corrected chi connectivity index (χ4v) is 2.35. The Morgan fingerprint density at radius 1 is 1.07 bits per heavy atom. The molecule has 1 aliphatic rings. The molecule has 142 valence electrons. The minimum absolute atomic E-state index is 0.337. The number of ether oxygens (including phenoxy) is 3. The maximum absolute atomic E-state index is 13.0. The second-order valence-electron chi connectivity index (χ2n) is 5.59. The molecule has 4 nitrogen and oxygen atoms in total. The van der Waals surface area contributed by atoms with Crippen molar-refractivity contribution in [2.24, 2.45) is 0 Å². The lowest BCUT2D eigenvalue weighted by molar-refractivity contribution is -0.253. The van der Waals surface area contributed by atoms with Crippen molar-refractivity contribution in [3.63, 3.8) is 0 Å². The van der Waals surface area contributed by atoms with Crippen LogP contribution < -0.4 is 14.2 Å². The molecular weight excluding hydrogens is 368 g/mol. The van der Waals surface area contributed by atoms with E-state index in [0.717, 1.165) is 12.1 Å². The van der Waals surface area contributed by atoms with E-state index < -0.39 is 18.3 Å². The number of carbonyl (C=O) groups excluding carboxylic acids is 1. The highest BCUT2D eigenvalue weighted by Crippen LogP contribution is 2.31. The highest BCUT2D eigenvalue weighted by molar-refractivity contribution is 6.07. The van der Waals surface area contributed by atoms with Crippen molar-refractivity contribution in [1.82, 2.24) is 0 Å². The first-order valence-corrected chi connectivity index (χ1v) is 7.92. The lowest BCUT2D eigenvalue weighted by atomic mass is 10.1. The molecule has 0 N–H and O–H groups in total. The summed E-state index contributed by atoms with van der Waals surface area (Å²) in [6, 6.07) is 9.86. The van der Waals surface area contributed by atoms with E-state index >= 15 is 0 Å². The molecule has 1 heterocycles. The third-order valence-corrected chi connectivity index (χ3v) is 3.62. The highest BCUT2D eigenvalue weighted by Gasteiger charge is 2.43. The van der Waals surface area contributed by atoms with Crippen molar-refractivity contribution < 1.29 is 36.6 Å². The normalized spacial score (nSPS) is 13.8. The van der Waals surface area contributed by atoms with Crippen LogP contribution >= 0.6 is 0 Å². The third kappa shape index (κ3) is 4.58. The van der Waals surface area contributed by atoms with Crippen LogP contribution in [0, 0.1) is 0 Å². The van der Waals surface area contributed by atoms with E-state index in [1.165, 1.54) is 24.3 Å². The van der Waals surface area contributed by atoms with Gasteiger partial charge in [0.1, 0.15) is 19.0 Å². The van der Waals surface area contributed by atoms with Crippen LogP contribution in [-0.4, -0.2) is 31.5 Å². The summed E-state index contributed by atoms with van der Waals surface area (Å²) in [5.41, 5.74) is 0.690. The lowest BCUT2D eigenvalue weighted by Crippen LogP contribution is -2.33. The second-order valence-corrected chi connectivity index (χ2v) is 5.59. The summed E-state index contributed by atoms with van der Waals surface area (Å²) in [7, 11) is 0. The quantitative estimate of drug-likeness (QED) is 0.416. The number of rotatable bonds is 6. The van der Waals surface area contributed by atoms with E-state index in [0.29, 0.717) is 35.8 Å². The molecule has 1 aliphatic heterocycles. The maximum atomic E-state index is 13.0. The van der Waals surface area contributed by atoms with Gasteiger partial charge in [0, 0.05) is 5.56 Å². The maximum Gasteiger partial charge on any atom is 0.461 e. The molecular formula is C19H14F4O4. The van der Waals surface area contributed by atoms with Crippen LogP contribution in [0.15, 0.2) is 48.5 Å². The average Bonchev–Trinajstić information content (AvgIpc) is 2.65. The number of benzene rings is 2. The number of ketones is 1. The van der Waals surface area contributed by atoms with E-state index in [9.17, 15) is 22.4 Å². The summed E-state index contributed by atoms with van der Waals surface area (Å²) in [5, 5.41) is 0. The Bertz CT molecular complexity index is 865. The largest absolute Gasteiger partial charge is 0.486 e. The number of fused-ring (bicyclic) bond motifs is 1. The van der Waals surface area contributed by atoms with Crippen LogP contribution in [0.1, 0.15) is 15.9 Å². The molecule has 2 aromatic rings. The number of hydrogen-bond acceptors (Lipinski definition) is 4. The molecule has 0 fully saturated rings. The molecule has 0 aromatic heterocycles. The van der Waals surface area contributed by atoms with E-state index in [2.05, 4.69) is 4.74 Å². The Labute approximate surface area is 152 Å². The molecule has 3 rings (SSSR count). The van der Waals surface area contributed by atoms with Gasteiger partial charge in [-0.05, 0) is 42.0 Å². The van der Waals surface area contributed by atoms with Crippen LogP contribution in [0.4, 0.5) is 17.6 Å². The monoisotopic (exact) mass is 382 g/mol. The van der Waals surface area contributed by atoms with Gasteiger partial charge in [-0.3, -0.25) is 4.79 Å². The van der Waals surface area contributed by atoms with Crippen molar-refractivity contribution in [2.75, 3.05) is 13.2 Å². The zero-order chi connectivity index (χ0) is 19.4. The summed E-state index contributed by atoms with van der Waals surface area (Å²) in [6.45, 7) is 0.819. The van der Waals surface area contributed by atoms with Crippen LogP contribution in [0.2, 0.25) is 0 Å². The van der Waals surface area contributed by atoms with Gasteiger partial charge in [-0.1, -0.05) is 18.2 Å². The van der Waals surface area contributed by atoms with Gasteiger partial charge in [0.05, 0.1) is 0 Å². The molecule has 0 amide bonds. The zero-order valence-corrected chi connectivity index (χ0v) is 13.8. The summed E-state index contributed by atoms with van der Waals surface area (Å²) in [6.07, 6.45) is -5.94. The molecule has 2 aromatic carbocycles. The van der Waals surface area contributed by atoms with Crippen molar-refractivity contribution in [2.45, 2.75) is 12.5 Å². The van der Waals surface area contributed by atoms with E-state index in [1.807, 2.05) is 0 Å². The van der Waals surface area contributed by atoms with E-state index in [-0.39, 0.29) is 5.78 Å². The number of carbonyl (C=O) groups is 1. The first kappa shape index (κ1) is 18.8. The van der Waals surface area contributed by atoms with E-state index in [4.69, 9.17) is 9.47 Å². The number of alkyl halides is 4. The number of halogens is 4. The first-order valence-electron chi connectivity index (χ1n) is 7.92. The summed E-state index contributed by atoms with van der Waals surface area (Å²) in [5.74, 6) is 0.224. The lowest BCUT2D eigenvalue weighted by Gasteiger charge is -2.18. The predicted molar refractivity (Wildman–Crippen MR) is 88.8 cm³/mol. The minimum atomic E-state index is -4.59. The van der Waals surface area contributed by atoms with Crippen molar-refractivity contribution in [3.8, 4) is 17.2 Å². The summed E-state index contributed by atoms with van der Waals surface area (Å²) < 4.78 is 65.2. The van der Waals surface area contributed by atoms with Gasteiger partial charge < -0.3 is 14.2 Å². The van der Waals surface area contributed by atoms with Gasteiger partial charge >= 0.3 is 12.5 Å². The fraction of sp³-hybridized carbons (Fsp3) is 0.211. The van der Waals surface area contributed by atoms with Gasteiger partial charge in [0.15, 0.2) is 17.3 Å². The predicted octanol–water partition coefficient (Wildman–Crippen LogP) is 4.59. The topological polar surface area (TPSA) is 44.8 Å². The molecule has 0 atom stereocenters. The summed E-state index contributed by atoms with van der Waals surface area (Å²) >= 11 is 0. The Balaban J connectivity index is 1.72. The molecule has 0 radical (unpaired) electrons. The Hall–Kier alpha value is -3.03. The van der Waals surface area contributed by atoms with Gasteiger partial charge in [-0.25, -0.2) is 0 Å². The van der Waals surface area contributed by atoms with Gasteiger partial charge in [-0.2, -0.15) is 17.6 Å². The Morgan fingerprint density at radius 2 is 1.81 bits per heavy atom. The Kier molecular flexibility index (Phi) is 5.34. The molecule has 0 unspecified atom stereocenters. The van der Waals surface area contributed by atoms with Crippen molar-refractivity contribution in [3.05, 3.63) is 59.7 Å². The fourth-order valence-electron chi connectivity index (χ4n) is 2.35. The number of hydrogen-bond donors (Lipinski definition) is 0. The van der Waals surface area contributed by atoms with Gasteiger partial charge in [0.25, 0.3) is 0 Å². The average molecular weight is 382 g/mol. The second kappa shape index (κ2) is 7.69. The van der Waals surface area contributed by atoms with Gasteiger partial charge in [-0.15, -0.1) is 0 Å². The first-order chi connectivity index (χ1) is 12.8. The SMILES string of the molecule is O=C(/C=C/c1cccc(OC(F)(F)C(F)F)c1)c1ccc2c(c1)OCCO2. The van der Waals surface area contributed by atoms with Crippen LogP contribution in [0.25, 0.3) is 6.08 Å². The van der Waals surface area contributed by atoms with Gasteiger partial charge in [0.2, 0.25) is 0 Å². The molecule has 0 bridgehead atoms. The van der Waals surface area contributed by atoms with Crippen LogP contribution in [0.3, 0.4) is 0 Å². The minimum Gasteiger partial charge on any atom is -0.486 e. The molecule has 8 heteroatoms. The van der Waals surface area contributed by atoms with Crippen molar-refractivity contribution in [1.29, 1.82) is 0 Å². The van der Waals surface area contributed by atoms with E-state index in [1.54, 1.807) is 18.2 Å². The highest BCUT2D eigenvalue weighted by atomic mass is 19.3.